The Kier molecular flexibility index (Phi) is 10.6. The summed E-state index contributed by atoms with van der Waals surface area (Å²) in [6.07, 6.45) is 5.48. The molecule has 1 heterocycles. The Morgan fingerprint density at radius 2 is 1.52 bits per heavy atom. The van der Waals surface area contributed by atoms with Crippen LogP contribution in [-0.2, 0) is 25.7 Å². The summed E-state index contributed by atoms with van der Waals surface area (Å²) in [6, 6.07) is 14.7. The molecule has 0 atom stereocenters. The molecular formula is C27H37ClN4O. The summed E-state index contributed by atoms with van der Waals surface area (Å²) >= 11 is 6.45. The average Bonchev–Trinajstić information content (AvgIpc) is 3.29. The van der Waals surface area contributed by atoms with Crippen molar-refractivity contribution in [3.05, 3.63) is 70.0 Å². The number of nitrogens with zero attached hydrogens (tertiary/aromatic N) is 3. The fraction of sp³-hybridized carbons (Fsp3) is 0.407. The zero-order valence-corrected chi connectivity index (χ0v) is 21.3. The minimum Gasteiger partial charge on any atom is -0.397 e. The Bertz CT molecular complexity index is 1010. The maximum absolute atomic E-state index is 7.57. The Balaban J connectivity index is 0.000000263. The van der Waals surface area contributed by atoms with E-state index in [1.807, 2.05) is 51.0 Å². The summed E-state index contributed by atoms with van der Waals surface area (Å²) < 4.78 is 0. The molecule has 0 aliphatic heterocycles. The third kappa shape index (κ3) is 7.18. The van der Waals surface area contributed by atoms with Crippen LogP contribution in [0.3, 0.4) is 0 Å². The van der Waals surface area contributed by atoms with Crippen LogP contribution in [0.5, 0.6) is 0 Å². The Hall–Kier alpha value is -2.63. The van der Waals surface area contributed by atoms with E-state index in [1.54, 1.807) is 18.1 Å². The van der Waals surface area contributed by atoms with E-state index in [2.05, 4.69) is 34.2 Å². The second-order valence-electron chi connectivity index (χ2n) is 8.06. The normalized spacial score (nSPS) is 11.6. The first kappa shape index (κ1) is 26.6. The van der Waals surface area contributed by atoms with Crippen molar-refractivity contribution < 1.29 is 5.11 Å². The summed E-state index contributed by atoms with van der Waals surface area (Å²) in [5, 5.41) is 8.25. The van der Waals surface area contributed by atoms with Gasteiger partial charge in [0, 0.05) is 32.0 Å². The van der Waals surface area contributed by atoms with E-state index < -0.39 is 0 Å². The molecule has 1 aliphatic carbocycles. The van der Waals surface area contributed by atoms with Gasteiger partial charge >= 0.3 is 0 Å². The molecular weight excluding hydrogens is 432 g/mol. The van der Waals surface area contributed by atoms with Crippen LogP contribution < -0.4 is 10.6 Å². The maximum Gasteiger partial charge on any atom is 0.145 e. The van der Waals surface area contributed by atoms with E-state index >= 15 is 0 Å². The second kappa shape index (κ2) is 13.2. The van der Waals surface area contributed by atoms with Gasteiger partial charge in [-0.15, -0.1) is 0 Å². The molecule has 0 saturated heterocycles. The summed E-state index contributed by atoms with van der Waals surface area (Å²) in [5.41, 5.74) is 13.6. The highest BCUT2D eigenvalue weighted by Gasteiger charge is 2.15. The van der Waals surface area contributed by atoms with Crippen LogP contribution in [0.1, 0.15) is 49.7 Å². The molecule has 3 N–H and O–H groups in total. The van der Waals surface area contributed by atoms with Crippen molar-refractivity contribution in [2.24, 2.45) is 0 Å². The number of hydrogen-bond donors (Lipinski definition) is 2. The van der Waals surface area contributed by atoms with Crippen molar-refractivity contribution in [1.29, 1.82) is 0 Å². The minimum absolute atomic E-state index is 0.250. The molecule has 2 aromatic carbocycles. The van der Waals surface area contributed by atoms with E-state index in [1.165, 1.54) is 19.3 Å². The van der Waals surface area contributed by atoms with Gasteiger partial charge in [-0.05, 0) is 68.4 Å². The molecule has 33 heavy (non-hydrogen) atoms. The number of fused-ring (bicyclic) bond motifs is 1. The monoisotopic (exact) mass is 468 g/mol. The number of nitrogen functional groups attached to an aromatic ring is 1. The molecule has 0 bridgehead atoms. The zero-order chi connectivity index (χ0) is 24.4. The van der Waals surface area contributed by atoms with Gasteiger partial charge in [-0.1, -0.05) is 49.7 Å². The number of aliphatic hydroxyl groups excluding tert-OH is 1. The Morgan fingerprint density at radius 3 is 2.00 bits per heavy atom. The van der Waals surface area contributed by atoms with Gasteiger partial charge in [-0.3, -0.25) is 0 Å². The highest BCUT2D eigenvalue weighted by atomic mass is 35.5. The van der Waals surface area contributed by atoms with Crippen LogP contribution in [0.25, 0.3) is 11.3 Å². The molecule has 1 aliphatic rings. The molecule has 5 nitrogen and oxygen atoms in total. The zero-order valence-electron chi connectivity index (χ0n) is 20.5. The summed E-state index contributed by atoms with van der Waals surface area (Å²) in [4.78, 5) is 11.2. The SMILES string of the molecule is CCO.CCc1nc(-c2ccc(N(C)C)cc2Cl)c(CC)nc1N.c1ccc2c(c1)CCC2. The molecule has 0 unspecified atom stereocenters. The highest BCUT2D eigenvalue weighted by molar-refractivity contribution is 6.33. The van der Waals surface area contributed by atoms with Crippen molar-refractivity contribution in [2.45, 2.75) is 52.9 Å². The first-order valence-electron chi connectivity index (χ1n) is 11.7. The molecule has 0 radical (unpaired) electrons. The fourth-order valence-electron chi connectivity index (χ4n) is 3.73. The van der Waals surface area contributed by atoms with Crippen molar-refractivity contribution in [3.8, 4) is 11.3 Å². The van der Waals surface area contributed by atoms with Gasteiger partial charge in [0.1, 0.15) is 5.82 Å². The van der Waals surface area contributed by atoms with Crippen LogP contribution in [-0.4, -0.2) is 35.8 Å². The van der Waals surface area contributed by atoms with Gasteiger partial charge in [0.05, 0.1) is 22.1 Å². The summed E-state index contributed by atoms with van der Waals surface area (Å²) in [5.74, 6) is 0.513. The third-order valence-electron chi connectivity index (χ3n) is 5.48. The number of nitrogens with two attached hydrogens (primary N) is 1. The minimum atomic E-state index is 0.250. The molecule has 0 amide bonds. The number of aliphatic hydroxyl groups is 1. The number of halogens is 1. The lowest BCUT2D eigenvalue weighted by Gasteiger charge is -2.16. The van der Waals surface area contributed by atoms with Crippen LogP contribution in [0.2, 0.25) is 5.02 Å². The largest absolute Gasteiger partial charge is 0.397 e. The van der Waals surface area contributed by atoms with Crippen molar-refractivity contribution in [2.75, 3.05) is 31.3 Å². The lowest BCUT2D eigenvalue weighted by atomic mass is 10.1. The number of benzene rings is 2. The van der Waals surface area contributed by atoms with Gasteiger partial charge in [-0.25, -0.2) is 9.97 Å². The van der Waals surface area contributed by atoms with Crippen molar-refractivity contribution in [3.63, 3.8) is 0 Å². The van der Waals surface area contributed by atoms with E-state index in [0.717, 1.165) is 41.2 Å². The lowest BCUT2D eigenvalue weighted by molar-refractivity contribution is 0.318. The van der Waals surface area contributed by atoms with E-state index in [9.17, 15) is 0 Å². The van der Waals surface area contributed by atoms with Crippen molar-refractivity contribution in [1.82, 2.24) is 9.97 Å². The maximum atomic E-state index is 7.57. The molecule has 3 aromatic rings. The Labute approximate surface area is 203 Å². The number of aromatic nitrogens is 2. The first-order valence-corrected chi connectivity index (χ1v) is 12.0. The lowest BCUT2D eigenvalue weighted by Crippen LogP contribution is -2.09. The molecule has 0 spiro atoms. The van der Waals surface area contributed by atoms with Crippen LogP contribution >= 0.6 is 11.6 Å². The van der Waals surface area contributed by atoms with Crippen LogP contribution in [0.4, 0.5) is 11.5 Å². The van der Waals surface area contributed by atoms with E-state index in [0.29, 0.717) is 10.8 Å². The molecule has 178 valence electrons. The van der Waals surface area contributed by atoms with E-state index in [-0.39, 0.29) is 6.61 Å². The van der Waals surface area contributed by atoms with Crippen molar-refractivity contribution >= 4 is 23.1 Å². The Morgan fingerprint density at radius 1 is 0.939 bits per heavy atom. The van der Waals surface area contributed by atoms with Gasteiger partial charge in [0.15, 0.2) is 0 Å². The van der Waals surface area contributed by atoms with Gasteiger partial charge in [0.2, 0.25) is 0 Å². The van der Waals surface area contributed by atoms with E-state index in [4.69, 9.17) is 22.4 Å². The average molecular weight is 469 g/mol. The quantitative estimate of drug-likeness (QED) is 0.510. The number of anilines is 2. The summed E-state index contributed by atoms with van der Waals surface area (Å²) in [6.45, 7) is 5.99. The standard InChI is InChI=1S/C16H21ClN4.C9H10.C2H6O/c1-5-13-15(19-14(6-2)16(18)20-13)11-8-7-10(21(3)4)9-12(11)17;1-2-5-9-7-3-6-8(9)4-1;1-2-3/h7-9H,5-6H2,1-4H3,(H2,18,20);1-2,4-5H,3,6-7H2;3H,2H2,1H3. The summed E-state index contributed by atoms with van der Waals surface area (Å²) in [7, 11) is 3.97. The fourth-order valence-corrected chi connectivity index (χ4v) is 4.00. The number of hydrogen-bond acceptors (Lipinski definition) is 5. The molecule has 6 heteroatoms. The molecule has 4 rings (SSSR count). The van der Waals surface area contributed by atoms with Crippen LogP contribution in [0, 0.1) is 0 Å². The highest BCUT2D eigenvalue weighted by Crippen LogP contribution is 2.32. The van der Waals surface area contributed by atoms with Crippen LogP contribution in [0.15, 0.2) is 42.5 Å². The predicted octanol–water partition coefficient (Wildman–Crippen LogP) is 5.74. The first-order chi connectivity index (χ1) is 15.9. The topological polar surface area (TPSA) is 75.3 Å². The number of rotatable bonds is 4. The molecule has 0 fully saturated rings. The smallest absolute Gasteiger partial charge is 0.145 e. The number of aryl methyl sites for hydroxylation is 4. The predicted molar refractivity (Wildman–Crippen MR) is 141 cm³/mol. The van der Waals surface area contributed by atoms with Gasteiger partial charge < -0.3 is 15.7 Å². The van der Waals surface area contributed by atoms with Gasteiger partial charge in [0.25, 0.3) is 0 Å². The second-order valence-corrected chi connectivity index (χ2v) is 8.46. The molecule has 0 saturated carbocycles. The molecule has 1 aromatic heterocycles. The third-order valence-corrected chi connectivity index (χ3v) is 5.79. The van der Waals surface area contributed by atoms with Gasteiger partial charge in [-0.2, -0.15) is 0 Å².